The Balaban J connectivity index is 2.38. The first-order valence-corrected chi connectivity index (χ1v) is 6.91. The van der Waals surface area contributed by atoms with Crippen LogP contribution < -0.4 is 20.1 Å². The number of aliphatic imine (C=N–C) groups is 1. The molecular formula is C15H21N3O3. The van der Waals surface area contributed by atoms with Gasteiger partial charge in [0.05, 0.1) is 14.2 Å². The Morgan fingerprint density at radius 1 is 1.29 bits per heavy atom. The average Bonchev–Trinajstić information content (AvgIpc) is 2.80. The van der Waals surface area contributed by atoms with Gasteiger partial charge in [-0.2, -0.15) is 0 Å². The number of nitrogens with one attached hydrogen (secondary N) is 2. The Morgan fingerprint density at radius 2 is 2.05 bits per heavy atom. The van der Waals surface area contributed by atoms with Crippen LogP contribution in [0.3, 0.4) is 0 Å². The van der Waals surface area contributed by atoms with E-state index in [1.807, 2.05) is 13.0 Å². The van der Waals surface area contributed by atoms with E-state index in [1.54, 1.807) is 33.3 Å². The molecule has 1 aliphatic rings. The second-order valence-corrected chi connectivity index (χ2v) is 5.00. The van der Waals surface area contributed by atoms with Crippen molar-refractivity contribution in [1.82, 2.24) is 10.6 Å². The van der Waals surface area contributed by atoms with E-state index in [4.69, 9.17) is 9.47 Å². The van der Waals surface area contributed by atoms with Crippen molar-refractivity contribution in [2.45, 2.75) is 25.8 Å². The molecule has 1 atom stereocenters. The SMILES string of the molecule is CCCN=C1NC(=O)C(C)(c2ccc(OC)cc2OC)N1. The van der Waals surface area contributed by atoms with Crippen LogP contribution in [-0.2, 0) is 10.3 Å². The van der Waals surface area contributed by atoms with Crippen molar-refractivity contribution in [1.29, 1.82) is 0 Å². The molecule has 6 nitrogen and oxygen atoms in total. The number of amides is 1. The van der Waals surface area contributed by atoms with Crippen LogP contribution in [0.25, 0.3) is 0 Å². The average molecular weight is 291 g/mol. The summed E-state index contributed by atoms with van der Waals surface area (Å²) in [5.74, 6) is 1.62. The Labute approximate surface area is 124 Å². The number of benzene rings is 1. The molecule has 2 rings (SSSR count). The van der Waals surface area contributed by atoms with Crippen LogP contribution in [-0.4, -0.2) is 32.6 Å². The van der Waals surface area contributed by atoms with Gasteiger partial charge in [-0.05, 0) is 25.5 Å². The van der Waals surface area contributed by atoms with Gasteiger partial charge in [0, 0.05) is 18.2 Å². The third-order valence-electron chi connectivity index (χ3n) is 3.50. The van der Waals surface area contributed by atoms with Crippen LogP contribution in [0.1, 0.15) is 25.8 Å². The van der Waals surface area contributed by atoms with Crippen LogP contribution in [0.4, 0.5) is 0 Å². The highest BCUT2D eigenvalue weighted by Gasteiger charge is 2.44. The van der Waals surface area contributed by atoms with Crippen LogP contribution >= 0.6 is 0 Å². The predicted octanol–water partition coefficient (Wildman–Crippen LogP) is 1.40. The fraction of sp³-hybridized carbons (Fsp3) is 0.467. The molecule has 1 aromatic carbocycles. The highest BCUT2D eigenvalue weighted by molar-refractivity contribution is 6.09. The van der Waals surface area contributed by atoms with Crippen LogP contribution in [0.5, 0.6) is 11.5 Å². The molecule has 2 N–H and O–H groups in total. The van der Waals surface area contributed by atoms with Crippen molar-refractivity contribution >= 4 is 11.9 Å². The molecule has 1 saturated heterocycles. The van der Waals surface area contributed by atoms with E-state index in [9.17, 15) is 4.79 Å². The maximum Gasteiger partial charge on any atom is 0.256 e. The zero-order valence-corrected chi connectivity index (χ0v) is 12.8. The molecule has 1 aliphatic heterocycles. The normalized spacial score (nSPS) is 22.9. The van der Waals surface area contributed by atoms with E-state index >= 15 is 0 Å². The molecule has 21 heavy (non-hydrogen) atoms. The molecule has 0 aliphatic carbocycles. The highest BCUT2D eigenvalue weighted by Crippen LogP contribution is 2.34. The summed E-state index contributed by atoms with van der Waals surface area (Å²) in [6, 6.07) is 5.39. The fourth-order valence-corrected chi connectivity index (χ4v) is 2.26. The number of rotatable bonds is 5. The van der Waals surface area contributed by atoms with E-state index in [1.165, 1.54) is 0 Å². The monoisotopic (exact) mass is 291 g/mol. The quantitative estimate of drug-likeness (QED) is 0.860. The van der Waals surface area contributed by atoms with Gasteiger partial charge in [0.15, 0.2) is 5.96 Å². The van der Waals surface area contributed by atoms with E-state index in [0.29, 0.717) is 24.0 Å². The van der Waals surface area contributed by atoms with Crippen molar-refractivity contribution in [3.63, 3.8) is 0 Å². The second kappa shape index (κ2) is 6.03. The maximum absolute atomic E-state index is 12.4. The molecule has 6 heteroatoms. The Hall–Kier alpha value is -2.24. The van der Waals surface area contributed by atoms with Crippen molar-refractivity contribution in [2.24, 2.45) is 4.99 Å². The third kappa shape index (κ3) is 2.79. The van der Waals surface area contributed by atoms with Gasteiger partial charge in [0.2, 0.25) is 0 Å². The summed E-state index contributed by atoms with van der Waals surface area (Å²) >= 11 is 0. The minimum atomic E-state index is -0.913. The summed E-state index contributed by atoms with van der Waals surface area (Å²) in [5, 5.41) is 5.92. The van der Waals surface area contributed by atoms with Crippen LogP contribution in [0.15, 0.2) is 23.2 Å². The fourth-order valence-electron chi connectivity index (χ4n) is 2.26. The molecule has 0 aromatic heterocycles. The molecule has 0 bridgehead atoms. The number of hydrogen-bond acceptors (Lipinski definition) is 4. The summed E-state index contributed by atoms with van der Waals surface area (Å²) in [6.07, 6.45) is 0.920. The highest BCUT2D eigenvalue weighted by atomic mass is 16.5. The van der Waals surface area contributed by atoms with Crippen molar-refractivity contribution in [2.75, 3.05) is 20.8 Å². The number of hydrogen-bond donors (Lipinski definition) is 2. The molecule has 1 unspecified atom stereocenters. The lowest BCUT2D eigenvalue weighted by Crippen LogP contribution is -2.41. The maximum atomic E-state index is 12.4. The number of carbonyl (C=O) groups is 1. The Morgan fingerprint density at radius 3 is 2.67 bits per heavy atom. The molecule has 0 spiro atoms. The lowest BCUT2D eigenvalue weighted by atomic mass is 9.91. The zero-order chi connectivity index (χ0) is 15.5. The number of nitrogens with zero attached hydrogens (tertiary/aromatic N) is 1. The first-order valence-electron chi connectivity index (χ1n) is 6.91. The smallest absolute Gasteiger partial charge is 0.256 e. The van der Waals surface area contributed by atoms with E-state index in [2.05, 4.69) is 15.6 Å². The molecule has 0 saturated carbocycles. The first-order chi connectivity index (χ1) is 10.0. The van der Waals surface area contributed by atoms with Crippen molar-refractivity contribution < 1.29 is 14.3 Å². The minimum absolute atomic E-state index is 0.152. The van der Waals surface area contributed by atoms with Gasteiger partial charge in [0.25, 0.3) is 5.91 Å². The number of methoxy groups -OCH3 is 2. The lowest BCUT2D eigenvalue weighted by Gasteiger charge is -2.24. The second-order valence-electron chi connectivity index (χ2n) is 5.00. The Kier molecular flexibility index (Phi) is 4.35. The number of guanidine groups is 1. The molecule has 1 fully saturated rings. The van der Waals surface area contributed by atoms with Crippen LogP contribution in [0, 0.1) is 0 Å². The van der Waals surface area contributed by atoms with Gasteiger partial charge in [-0.3, -0.25) is 15.1 Å². The van der Waals surface area contributed by atoms with E-state index < -0.39 is 5.54 Å². The van der Waals surface area contributed by atoms with E-state index in [-0.39, 0.29) is 5.91 Å². The Bertz CT molecular complexity index is 571. The molecule has 1 aromatic rings. The minimum Gasteiger partial charge on any atom is -0.497 e. The van der Waals surface area contributed by atoms with Crippen molar-refractivity contribution in [3.05, 3.63) is 23.8 Å². The first kappa shape index (κ1) is 15.2. The largest absolute Gasteiger partial charge is 0.497 e. The summed E-state index contributed by atoms with van der Waals surface area (Å²) < 4.78 is 10.6. The van der Waals surface area contributed by atoms with Gasteiger partial charge in [-0.1, -0.05) is 6.92 Å². The molecule has 114 valence electrons. The van der Waals surface area contributed by atoms with Gasteiger partial charge in [0.1, 0.15) is 17.0 Å². The topological polar surface area (TPSA) is 72.0 Å². The molecular weight excluding hydrogens is 270 g/mol. The number of carbonyl (C=O) groups excluding carboxylic acids is 1. The summed E-state index contributed by atoms with van der Waals surface area (Å²) in [5.41, 5.74) is -0.172. The summed E-state index contributed by atoms with van der Waals surface area (Å²) in [6.45, 7) is 4.51. The van der Waals surface area contributed by atoms with E-state index in [0.717, 1.165) is 12.0 Å². The predicted molar refractivity (Wildman–Crippen MR) is 80.8 cm³/mol. The number of ether oxygens (including phenoxy) is 2. The van der Waals surface area contributed by atoms with Gasteiger partial charge < -0.3 is 14.8 Å². The van der Waals surface area contributed by atoms with Gasteiger partial charge in [-0.25, -0.2) is 0 Å². The van der Waals surface area contributed by atoms with Crippen molar-refractivity contribution in [3.8, 4) is 11.5 Å². The summed E-state index contributed by atoms with van der Waals surface area (Å²) in [4.78, 5) is 16.7. The van der Waals surface area contributed by atoms with Crippen LogP contribution in [0.2, 0.25) is 0 Å². The third-order valence-corrected chi connectivity index (χ3v) is 3.50. The zero-order valence-electron chi connectivity index (χ0n) is 12.8. The molecule has 1 amide bonds. The lowest BCUT2D eigenvalue weighted by molar-refractivity contribution is -0.123. The van der Waals surface area contributed by atoms with Gasteiger partial charge >= 0.3 is 0 Å². The molecule has 0 radical (unpaired) electrons. The standard InChI is InChI=1S/C15H21N3O3/c1-5-8-16-14-17-13(19)15(2,18-14)11-7-6-10(20-3)9-12(11)21-4/h6-7,9H,5,8H2,1-4H3,(H2,16,17,18,19). The van der Waals surface area contributed by atoms with Gasteiger partial charge in [-0.15, -0.1) is 0 Å². The molecule has 1 heterocycles. The summed E-state index contributed by atoms with van der Waals surface area (Å²) in [7, 11) is 3.16.